The van der Waals surface area contributed by atoms with Crippen molar-refractivity contribution in [1.29, 1.82) is 5.26 Å². The lowest BCUT2D eigenvalue weighted by atomic mass is 10.2. The van der Waals surface area contributed by atoms with Gasteiger partial charge in [0, 0.05) is 15.7 Å². The van der Waals surface area contributed by atoms with Crippen molar-refractivity contribution in [3.63, 3.8) is 0 Å². The van der Waals surface area contributed by atoms with E-state index >= 15 is 0 Å². The summed E-state index contributed by atoms with van der Waals surface area (Å²) >= 11 is 3.43. The number of amides is 1. The summed E-state index contributed by atoms with van der Waals surface area (Å²) < 4.78 is 0.979. The first-order valence-corrected chi connectivity index (χ1v) is 7.37. The number of aromatic amines is 1. The van der Waals surface area contributed by atoms with E-state index in [0.717, 1.165) is 26.9 Å². The van der Waals surface area contributed by atoms with Crippen molar-refractivity contribution >= 4 is 38.6 Å². The van der Waals surface area contributed by atoms with Gasteiger partial charge < -0.3 is 10.3 Å². The van der Waals surface area contributed by atoms with Crippen LogP contribution in [0.4, 0.5) is 5.69 Å². The lowest BCUT2D eigenvalue weighted by Gasteiger charge is -2.04. The Bertz CT molecular complexity index is 895. The molecule has 0 atom stereocenters. The van der Waals surface area contributed by atoms with Gasteiger partial charge in [0.2, 0.25) is 5.91 Å². The van der Waals surface area contributed by atoms with Gasteiger partial charge in [-0.3, -0.25) is 4.79 Å². The Labute approximate surface area is 135 Å². The maximum Gasteiger partial charge on any atom is 0.238 e. The number of anilines is 1. The average Bonchev–Trinajstić information content (AvgIpc) is 2.90. The number of halogens is 1. The molecule has 1 amide bonds. The third kappa shape index (κ3) is 3.00. The van der Waals surface area contributed by atoms with Crippen molar-refractivity contribution in [3.8, 4) is 17.5 Å². The molecule has 2 aromatic carbocycles. The number of nitrogens with one attached hydrogen (secondary N) is 2. The van der Waals surface area contributed by atoms with Gasteiger partial charge >= 0.3 is 0 Å². The van der Waals surface area contributed by atoms with Crippen molar-refractivity contribution in [2.75, 3.05) is 5.32 Å². The van der Waals surface area contributed by atoms with Gasteiger partial charge in [-0.05, 0) is 30.3 Å². The van der Waals surface area contributed by atoms with E-state index < -0.39 is 0 Å². The molecule has 5 nitrogen and oxygen atoms in total. The number of hydrogen-bond donors (Lipinski definition) is 2. The van der Waals surface area contributed by atoms with E-state index in [4.69, 9.17) is 5.26 Å². The van der Waals surface area contributed by atoms with Crippen molar-refractivity contribution in [1.82, 2.24) is 9.97 Å². The largest absolute Gasteiger partial charge is 0.338 e. The van der Waals surface area contributed by atoms with E-state index in [1.807, 2.05) is 42.5 Å². The van der Waals surface area contributed by atoms with Crippen LogP contribution in [0.25, 0.3) is 22.4 Å². The zero-order valence-electron chi connectivity index (χ0n) is 11.4. The zero-order valence-corrected chi connectivity index (χ0v) is 13.0. The third-order valence-electron chi connectivity index (χ3n) is 3.10. The minimum absolute atomic E-state index is 0.164. The molecule has 2 N–H and O–H groups in total. The molecule has 0 fully saturated rings. The van der Waals surface area contributed by atoms with Crippen LogP contribution in [-0.2, 0) is 4.79 Å². The van der Waals surface area contributed by atoms with Crippen molar-refractivity contribution in [3.05, 3.63) is 46.9 Å². The molecular formula is C16H11BrN4O. The Morgan fingerprint density at radius 3 is 3.00 bits per heavy atom. The number of imidazole rings is 1. The van der Waals surface area contributed by atoms with E-state index in [9.17, 15) is 4.79 Å². The molecule has 3 rings (SSSR count). The third-order valence-corrected chi connectivity index (χ3v) is 3.60. The molecule has 0 radical (unpaired) electrons. The topological polar surface area (TPSA) is 81.6 Å². The first-order chi connectivity index (χ1) is 10.7. The van der Waals surface area contributed by atoms with E-state index in [0.29, 0.717) is 5.69 Å². The van der Waals surface area contributed by atoms with Crippen molar-refractivity contribution < 1.29 is 4.79 Å². The monoisotopic (exact) mass is 354 g/mol. The zero-order chi connectivity index (χ0) is 15.5. The Hall–Kier alpha value is -2.65. The SMILES string of the molecule is N#CCC(=O)Nc1cccc(-c2nc3ccc(Br)cc3[nH]2)c1. The lowest BCUT2D eigenvalue weighted by Crippen LogP contribution is -2.09. The van der Waals surface area contributed by atoms with Gasteiger partial charge in [-0.2, -0.15) is 5.26 Å². The number of carbonyl (C=O) groups excluding carboxylic acids is 1. The van der Waals surface area contributed by atoms with Crippen LogP contribution >= 0.6 is 15.9 Å². The van der Waals surface area contributed by atoms with E-state index in [2.05, 4.69) is 31.2 Å². The van der Waals surface area contributed by atoms with Gasteiger partial charge in [0.05, 0.1) is 17.1 Å². The first-order valence-electron chi connectivity index (χ1n) is 6.58. The maximum atomic E-state index is 11.5. The van der Waals surface area contributed by atoms with Gasteiger partial charge in [-0.15, -0.1) is 0 Å². The van der Waals surface area contributed by atoms with Crippen LogP contribution in [-0.4, -0.2) is 15.9 Å². The summed E-state index contributed by atoms with van der Waals surface area (Å²) in [6, 6.07) is 15.0. The number of benzene rings is 2. The summed E-state index contributed by atoms with van der Waals surface area (Å²) in [5.41, 5.74) is 3.31. The molecule has 0 aliphatic heterocycles. The molecule has 1 aromatic heterocycles. The number of nitriles is 1. The quantitative estimate of drug-likeness (QED) is 0.749. The number of carbonyl (C=O) groups is 1. The molecule has 0 aliphatic rings. The number of hydrogen-bond acceptors (Lipinski definition) is 3. The molecule has 6 heteroatoms. The summed E-state index contributed by atoms with van der Waals surface area (Å²) in [6.45, 7) is 0. The molecule has 0 saturated heterocycles. The lowest BCUT2D eigenvalue weighted by molar-refractivity contribution is -0.115. The molecule has 0 bridgehead atoms. The maximum absolute atomic E-state index is 11.5. The van der Waals surface area contributed by atoms with Gasteiger partial charge in [-0.1, -0.05) is 28.1 Å². The highest BCUT2D eigenvalue weighted by Gasteiger charge is 2.07. The smallest absolute Gasteiger partial charge is 0.238 e. The Balaban J connectivity index is 1.93. The predicted octanol–water partition coefficient (Wildman–Crippen LogP) is 3.84. The van der Waals surface area contributed by atoms with E-state index in [-0.39, 0.29) is 12.3 Å². The van der Waals surface area contributed by atoms with Crippen LogP contribution in [0.2, 0.25) is 0 Å². The highest BCUT2D eigenvalue weighted by Crippen LogP contribution is 2.24. The summed E-state index contributed by atoms with van der Waals surface area (Å²) in [6.07, 6.45) is -0.164. The fraction of sp³-hybridized carbons (Fsp3) is 0.0625. The minimum atomic E-state index is -0.326. The fourth-order valence-corrected chi connectivity index (χ4v) is 2.50. The van der Waals surface area contributed by atoms with Crippen LogP contribution in [0.5, 0.6) is 0 Å². The summed E-state index contributed by atoms with van der Waals surface area (Å²) in [5, 5.41) is 11.2. The molecule has 1 heterocycles. The van der Waals surface area contributed by atoms with Crippen LogP contribution in [0.15, 0.2) is 46.9 Å². The number of H-pyrrole nitrogens is 1. The first kappa shape index (κ1) is 14.3. The van der Waals surface area contributed by atoms with Crippen molar-refractivity contribution in [2.45, 2.75) is 6.42 Å². The van der Waals surface area contributed by atoms with Crippen LogP contribution in [0, 0.1) is 11.3 Å². The van der Waals surface area contributed by atoms with Gasteiger partial charge in [-0.25, -0.2) is 4.98 Å². The standard InChI is InChI=1S/C16H11BrN4O/c17-11-4-5-13-14(9-11)21-16(20-13)10-2-1-3-12(8-10)19-15(22)6-7-18/h1-5,8-9H,6H2,(H,19,22)(H,20,21). The minimum Gasteiger partial charge on any atom is -0.338 e. The fourth-order valence-electron chi connectivity index (χ4n) is 2.14. The molecule has 0 aliphatic carbocycles. The molecule has 0 spiro atoms. The number of rotatable bonds is 3. The Morgan fingerprint density at radius 1 is 1.32 bits per heavy atom. The highest BCUT2D eigenvalue weighted by atomic mass is 79.9. The predicted molar refractivity (Wildman–Crippen MR) is 88.1 cm³/mol. The number of nitrogens with zero attached hydrogens (tertiary/aromatic N) is 2. The number of fused-ring (bicyclic) bond motifs is 1. The molecule has 3 aromatic rings. The molecule has 0 unspecified atom stereocenters. The molecule has 22 heavy (non-hydrogen) atoms. The van der Waals surface area contributed by atoms with Gasteiger partial charge in [0.15, 0.2) is 0 Å². The molecule has 0 saturated carbocycles. The second-order valence-electron chi connectivity index (χ2n) is 4.71. The van der Waals surface area contributed by atoms with E-state index in [1.54, 1.807) is 6.07 Å². The normalized spacial score (nSPS) is 10.4. The molecular weight excluding hydrogens is 344 g/mol. The van der Waals surface area contributed by atoms with Crippen LogP contribution in [0.1, 0.15) is 6.42 Å². The van der Waals surface area contributed by atoms with Gasteiger partial charge in [0.25, 0.3) is 0 Å². The average molecular weight is 355 g/mol. The molecule has 108 valence electrons. The Morgan fingerprint density at radius 2 is 2.18 bits per heavy atom. The van der Waals surface area contributed by atoms with Crippen LogP contribution in [0.3, 0.4) is 0 Å². The van der Waals surface area contributed by atoms with Crippen LogP contribution < -0.4 is 5.32 Å². The highest BCUT2D eigenvalue weighted by molar-refractivity contribution is 9.10. The summed E-state index contributed by atoms with van der Waals surface area (Å²) in [4.78, 5) is 19.3. The number of aromatic nitrogens is 2. The summed E-state index contributed by atoms with van der Waals surface area (Å²) in [7, 11) is 0. The second kappa shape index (κ2) is 6.00. The van der Waals surface area contributed by atoms with Crippen molar-refractivity contribution in [2.24, 2.45) is 0 Å². The summed E-state index contributed by atoms with van der Waals surface area (Å²) in [5.74, 6) is 0.401. The van der Waals surface area contributed by atoms with Gasteiger partial charge in [0.1, 0.15) is 12.2 Å². The van der Waals surface area contributed by atoms with E-state index in [1.165, 1.54) is 0 Å². The second-order valence-corrected chi connectivity index (χ2v) is 5.63. The Kier molecular flexibility index (Phi) is 3.90.